The van der Waals surface area contributed by atoms with Crippen LogP contribution in [0.15, 0.2) is 421 Å². The Kier molecular flexibility index (Phi) is 15.9. The third kappa shape index (κ3) is 11.4. The first-order valence-electron chi connectivity index (χ1n) is 36.9. The molecular weight excluding hydrogens is 1310 g/mol. The van der Waals surface area contributed by atoms with E-state index in [-0.39, 0.29) is 0 Å². The molecule has 0 unspecified atom stereocenters. The first-order valence-corrected chi connectivity index (χ1v) is 36.9. The van der Waals surface area contributed by atoms with Crippen molar-refractivity contribution >= 4 is 99.5 Å². The van der Waals surface area contributed by atoms with Crippen LogP contribution in [-0.4, -0.2) is 0 Å². The number of fused-ring (bicyclic) bond motifs is 8. The summed E-state index contributed by atoms with van der Waals surface area (Å²) in [5.41, 5.74) is 29.8. The Hall–Kier alpha value is -14.3. The van der Waals surface area contributed by atoms with Crippen LogP contribution in [0.1, 0.15) is 0 Å². The summed E-state index contributed by atoms with van der Waals surface area (Å²) in [4.78, 5) is 4.81. The molecule has 0 spiro atoms. The molecule has 0 saturated carbocycles. The van der Waals surface area contributed by atoms with Gasteiger partial charge in [0.25, 0.3) is 0 Å². The predicted octanol–water partition coefficient (Wildman–Crippen LogP) is 29.7. The number of hydrogen-bond donors (Lipinski definition) is 0. The highest BCUT2D eigenvalue weighted by Gasteiger charge is 2.25. The summed E-state index contributed by atoms with van der Waals surface area (Å²) in [6, 6.07) is 149. The summed E-state index contributed by atoms with van der Waals surface area (Å²) < 4.78 is 14.0. The van der Waals surface area contributed by atoms with Gasteiger partial charge < -0.3 is 18.6 Å². The van der Waals surface area contributed by atoms with Gasteiger partial charge in [-0.2, -0.15) is 0 Å². The highest BCUT2D eigenvalue weighted by Crippen LogP contribution is 2.50. The lowest BCUT2D eigenvalue weighted by atomic mass is 9.94. The third-order valence-corrected chi connectivity index (χ3v) is 21.5. The molecule has 0 aliphatic rings. The van der Waals surface area contributed by atoms with Crippen molar-refractivity contribution in [2.45, 2.75) is 0 Å². The Morgan fingerprint density at radius 2 is 0.463 bits per heavy atom. The van der Waals surface area contributed by atoms with Crippen molar-refractivity contribution in [1.29, 1.82) is 0 Å². The molecule has 0 aliphatic heterocycles. The van der Waals surface area contributed by atoms with Gasteiger partial charge in [0.15, 0.2) is 0 Å². The van der Waals surface area contributed by atoms with Crippen LogP contribution >= 0.6 is 0 Å². The molecule has 20 rings (SSSR count). The number of anilines is 6. The molecule has 0 amide bonds. The minimum absolute atomic E-state index is 0.827. The summed E-state index contributed by atoms with van der Waals surface area (Å²) in [5.74, 6) is 0. The third-order valence-electron chi connectivity index (χ3n) is 21.5. The average Bonchev–Trinajstić information content (AvgIpc) is 1.48. The molecule has 0 atom stereocenters. The van der Waals surface area contributed by atoms with Crippen LogP contribution in [0.4, 0.5) is 34.1 Å². The van der Waals surface area contributed by atoms with Gasteiger partial charge in [-0.15, -0.1) is 0 Å². The molecular formula is C104H68N2O2. The van der Waals surface area contributed by atoms with E-state index in [1.54, 1.807) is 0 Å². The van der Waals surface area contributed by atoms with E-state index < -0.39 is 0 Å². The van der Waals surface area contributed by atoms with Crippen molar-refractivity contribution in [2.24, 2.45) is 0 Å². The van der Waals surface area contributed by atoms with E-state index in [0.717, 1.165) is 156 Å². The van der Waals surface area contributed by atoms with Crippen molar-refractivity contribution in [3.05, 3.63) is 413 Å². The van der Waals surface area contributed by atoms with Gasteiger partial charge in [0.05, 0.1) is 17.1 Å². The number of benzene rings is 18. The predicted molar refractivity (Wildman–Crippen MR) is 454 cm³/mol. The lowest BCUT2D eigenvalue weighted by Gasteiger charge is -2.30. The second-order valence-corrected chi connectivity index (χ2v) is 27.8. The van der Waals surface area contributed by atoms with E-state index in [2.05, 4.69) is 416 Å². The topological polar surface area (TPSA) is 32.8 Å². The molecule has 0 radical (unpaired) electrons. The van der Waals surface area contributed by atoms with E-state index in [0.29, 0.717) is 0 Å². The Labute approximate surface area is 626 Å². The van der Waals surface area contributed by atoms with Crippen LogP contribution in [0.2, 0.25) is 0 Å². The maximum atomic E-state index is 7.19. The molecule has 506 valence electrons. The molecule has 0 aliphatic carbocycles. The zero-order valence-electron chi connectivity index (χ0n) is 59.0. The summed E-state index contributed by atoms with van der Waals surface area (Å²) in [5, 5.41) is 9.24. The lowest BCUT2D eigenvalue weighted by molar-refractivity contribution is 0.669. The molecule has 2 aromatic heterocycles. The molecule has 20 aromatic rings. The van der Waals surface area contributed by atoms with Gasteiger partial charge in [0.2, 0.25) is 0 Å². The zero-order chi connectivity index (χ0) is 71.4. The minimum atomic E-state index is 0.827. The number of rotatable bonds is 15. The van der Waals surface area contributed by atoms with E-state index in [1.807, 2.05) is 6.07 Å². The molecule has 0 bridgehead atoms. The lowest BCUT2D eigenvalue weighted by Crippen LogP contribution is -2.12. The van der Waals surface area contributed by atoms with Crippen molar-refractivity contribution in [1.82, 2.24) is 0 Å². The van der Waals surface area contributed by atoms with Crippen LogP contribution in [0, 0.1) is 0 Å². The minimum Gasteiger partial charge on any atom is -0.455 e. The van der Waals surface area contributed by atoms with E-state index in [4.69, 9.17) is 8.83 Å². The van der Waals surface area contributed by atoms with Crippen molar-refractivity contribution < 1.29 is 8.83 Å². The quantitative estimate of drug-likeness (QED) is 0.102. The molecule has 0 saturated heterocycles. The molecule has 0 fully saturated rings. The van der Waals surface area contributed by atoms with E-state index >= 15 is 0 Å². The van der Waals surface area contributed by atoms with Crippen molar-refractivity contribution in [2.75, 3.05) is 9.80 Å². The Bertz CT molecular complexity index is 6800. The highest BCUT2D eigenvalue weighted by molar-refractivity contribution is 6.13. The Morgan fingerprint density at radius 1 is 0.157 bits per heavy atom. The molecule has 2 heterocycles. The zero-order valence-corrected chi connectivity index (χ0v) is 59.0. The van der Waals surface area contributed by atoms with E-state index in [1.165, 1.54) is 43.8 Å². The summed E-state index contributed by atoms with van der Waals surface area (Å²) in [7, 11) is 0. The molecule has 0 N–H and O–H groups in total. The Morgan fingerprint density at radius 3 is 1.03 bits per heavy atom. The van der Waals surface area contributed by atoms with Gasteiger partial charge in [0, 0.05) is 66.4 Å². The summed E-state index contributed by atoms with van der Waals surface area (Å²) >= 11 is 0. The van der Waals surface area contributed by atoms with Crippen molar-refractivity contribution in [3.63, 3.8) is 0 Å². The molecule has 108 heavy (non-hydrogen) atoms. The number of nitrogens with zero attached hydrogens (tertiary/aromatic N) is 2. The van der Waals surface area contributed by atoms with Gasteiger partial charge in [-0.05, 0) is 185 Å². The molecule has 18 aromatic carbocycles. The first-order chi connectivity index (χ1) is 53.5. The van der Waals surface area contributed by atoms with Crippen LogP contribution in [-0.2, 0) is 0 Å². The fraction of sp³-hybridized carbons (Fsp3) is 0. The second kappa shape index (κ2) is 27.1. The van der Waals surface area contributed by atoms with Gasteiger partial charge in [-0.3, -0.25) is 0 Å². The standard InChI is InChI=1S/C104H68N2O2/c1-2-23-69(24-3-1)70-51-58-82(59-52-70)105(83-60-53-72(54-61-83)76-30-17-32-79(66-76)87-41-19-27-73-25-4-6-35-85(73)87)99-48-13-9-38-90(99)94-43-22-46-97-93-64-57-78(68-102(93)108-104(94)97)77-31-16-29-75(65-77)71-55-62-84(63-56-71)106(100-49-14-10-39-91(100)95-44-21-45-96-92-40-11-15-50-101(92)107-103(95)96)98-47-12-8-37-89(98)81-34-18-33-80(67-81)88-42-20-28-74-26-5-7-36-86(74)88/h1-68H. The number of para-hydroxylation sites is 6. The fourth-order valence-corrected chi connectivity index (χ4v) is 16.3. The van der Waals surface area contributed by atoms with Gasteiger partial charge in [-0.1, -0.05) is 322 Å². The fourth-order valence-electron chi connectivity index (χ4n) is 16.3. The number of furan rings is 2. The van der Waals surface area contributed by atoms with Crippen LogP contribution in [0.25, 0.3) is 166 Å². The maximum absolute atomic E-state index is 7.19. The van der Waals surface area contributed by atoms with Gasteiger partial charge >= 0.3 is 0 Å². The average molecular weight is 1380 g/mol. The summed E-state index contributed by atoms with van der Waals surface area (Å²) in [6.07, 6.45) is 0. The molecule has 4 heteroatoms. The van der Waals surface area contributed by atoms with Crippen LogP contribution in [0.3, 0.4) is 0 Å². The maximum Gasteiger partial charge on any atom is 0.143 e. The van der Waals surface area contributed by atoms with Crippen LogP contribution < -0.4 is 9.80 Å². The Balaban J connectivity index is 0.648. The van der Waals surface area contributed by atoms with Crippen molar-refractivity contribution in [3.8, 4) is 100 Å². The van der Waals surface area contributed by atoms with Gasteiger partial charge in [-0.25, -0.2) is 0 Å². The van der Waals surface area contributed by atoms with Gasteiger partial charge in [0.1, 0.15) is 22.3 Å². The largest absolute Gasteiger partial charge is 0.455 e. The molecule has 4 nitrogen and oxygen atoms in total. The monoisotopic (exact) mass is 1380 g/mol. The first kappa shape index (κ1) is 63.4. The second-order valence-electron chi connectivity index (χ2n) is 27.8. The number of hydrogen-bond acceptors (Lipinski definition) is 4. The van der Waals surface area contributed by atoms with Crippen LogP contribution in [0.5, 0.6) is 0 Å². The summed E-state index contributed by atoms with van der Waals surface area (Å²) in [6.45, 7) is 0. The SMILES string of the molecule is c1ccc(-c2ccc(N(c3ccc(-c4cccc(-c5cccc6ccccc56)c4)cc3)c3ccccc3-c3cccc4c3oc3cc(-c5cccc(-c6ccc(N(c7ccccc7-c7cccc(-c8cccc9ccccc89)c7)c7ccccc7-c7cccc8c7oc7ccccc78)cc6)c5)ccc34)cc2)cc1. The smallest absolute Gasteiger partial charge is 0.143 e. The van der Waals surface area contributed by atoms with E-state index in [9.17, 15) is 0 Å². The normalized spacial score (nSPS) is 11.5. The highest BCUT2D eigenvalue weighted by atomic mass is 16.3.